The van der Waals surface area contributed by atoms with Crippen molar-refractivity contribution in [3.05, 3.63) is 23.8 Å². The van der Waals surface area contributed by atoms with Crippen LogP contribution in [0.1, 0.15) is 19.4 Å². The van der Waals surface area contributed by atoms with Crippen molar-refractivity contribution in [2.75, 3.05) is 10.6 Å². The Morgan fingerprint density at radius 2 is 1.65 bits per heavy atom. The van der Waals surface area contributed by atoms with E-state index in [2.05, 4.69) is 0 Å². The Balaban J connectivity index is 2.50. The lowest BCUT2D eigenvalue weighted by molar-refractivity contribution is -0.122. The second-order valence-electron chi connectivity index (χ2n) is 4.65. The highest BCUT2D eigenvalue weighted by molar-refractivity contribution is 6.23. The van der Waals surface area contributed by atoms with Crippen LogP contribution in [0.3, 0.4) is 0 Å². The van der Waals surface area contributed by atoms with Crippen molar-refractivity contribution in [2.45, 2.75) is 20.8 Å². The van der Waals surface area contributed by atoms with E-state index in [9.17, 15) is 9.59 Å². The Bertz CT molecular complexity index is 476. The normalized spacial score (nSPS) is 24.5. The summed E-state index contributed by atoms with van der Waals surface area (Å²) in [5.41, 5.74) is 7.78. The van der Waals surface area contributed by atoms with Gasteiger partial charge in [0.25, 0.3) is 0 Å². The zero-order valence-corrected chi connectivity index (χ0v) is 10.2. The predicted molar refractivity (Wildman–Crippen MR) is 66.4 cm³/mol. The standard InChI is InChI=1S/C13H16N2O2/c1-7-4-5-10(14)11(6-7)15-12(16)8(2)9(3)13(15)17/h4-6,8-9H,14H2,1-3H3. The molecule has 2 unspecified atom stereocenters. The summed E-state index contributed by atoms with van der Waals surface area (Å²) in [5.74, 6) is -0.885. The van der Waals surface area contributed by atoms with E-state index in [4.69, 9.17) is 5.73 Å². The van der Waals surface area contributed by atoms with E-state index in [1.54, 1.807) is 26.0 Å². The summed E-state index contributed by atoms with van der Waals surface area (Å²) in [6, 6.07) is 5.35. The van der Waals surface area contributed by atoms with Gasteiger partial charge >= 0.3 is 0 Å². The Morgan fingerprint density at radius 3 is 2.18 bits per heavy atom. The number of aryl methyl sites for hydroxylation is 1. The topological polar surface area (TPSA) is 63.4 Å². The summed E-state index contributed by atoms with van der Waals surface area (Å²) in [4.78, 5) is 25.3. The number of carbonyl (C=O) groups is 2. The number of amides is 2. The van der Waals surface area contributed by atoms with Crippen molar-refractivity contribution in [3.8, 4) is 0 Å². The molecule has 0 aliphatic carbocycles. The fourth-order valence-electron chi connectivity index (χ4n) is 2.03. The van der Waals surface area contributed by atoms with Crippen LogP contribution in [0.4, 0.5) is 11.4 Å². The maximum absolute atomic E-state index is 12.0. The first-order valence-electron chi connectivity index (χ1n) is 5.67. The summed E-state index contributed by atoms with van der Waals surface area (Å²) in [6.07, 6.45) is 0. The van der Waals surface area contributed by atoms with E-state index < -0.39 is 0 Å². The molecule has 2 rings (SSSR count). The van der Waals surface area contributed by atoms with Crippen LogP contribution >= 0.6 is 0 Å². The summed E-state index contributed by atoms with van der Waals surface area (Å²) < 4.78 is 0. The summed E-state index contributed by atoms with van der Waals surface area (Å²) in [5, 5.41) is 0. The fraction of sp³-hybridized carbons (Fsp3) is 0.385. The molecule has 0 saturated carbocycles. The van der Waals surface area contributed by atoms with Crippen LogP contribution in [0.15, 0.2) is 18.2 Å². The SMILES string of the molecule is Cc1ccc(N)c(N2C(=O)C(C)C(C)C2=O)c1. The summed E-state index contributed by atoms with van der Waals surface area (Å²) >= 11 is 0. The molecule has 90 valence electrons. The maximum atomic E-state index is 12.0. The average molecular weight is 232 g/mol. The van der Waals surface area contributed by atoms with Gasteiger partial charge in [-0.15, -0.1) is 0 Å². The lowest BCUT2D eigenvalue weighted by Crippen LogP contribution is -2.31. The van der Waals surface area contributed by atoms with Gasteiger partial charge in [0.2, 0.25) is 11.8 Å². The number of hydrogen-bond acceptors (Lipinski definition) is 3. The Morgan fingerprint density at radius 1 is 1.12 bits per heavy atom. The van der Waals surface area contributed by atoms with Crippen molar-refractivity contribution in [1.82, 2.24) is 0 Å². The van der Waals surface area contributed by atoms with Gasteiger partial charge in [0.05, 0.1) is 11.4 Å². The van der Waals surface area contributed by atoms with Crippen LogP contribution in [0.25, 0.3) is 0 Å². The van der Waals surface area contributed by atoms with Crippen LogP contribution in [-0.2, 0) is 9.59 Å². The third kappa shape index (κ3) is 1.69. The number of benzene rings is 1. The molecule has 1 fully saturated rings. The van der Waals surface area contributed by atoms with Crippen molar-refractivity contribution >= 4 is 23.2 Å². The van der Waals surface area contributed by atoms with E-state index in [0.717, 1.165) is 5.56 Å². The number of rotatable bonds is 1. The molecule has 1 aliphatic rings. The van der Waals surface area contributed by atoms with Crippen LogP contribution in [-0.4, -0.2) is 11.8 Å². The number of anilines is 2. The Hall–Kier alpha value is -1.84. The van der Waals surface area contributed by atoms with E-state index in [1.165, 1.54) is 4.90 Å². The van der Waals surface area contributed by atoms with Crippen molar-refractivity contribution in [3.63, 3.8) is 0 Å². The number of nitrogens with two attached hydrogens (primary N) is 1. The molecule has 0 radical (unpaired) electrons. The fourth-order valence-corrected chi connectivity index (χ4v) is 2.03. The van der Waals surface area contributed by atoms with Gasteiger partial charge in [0, 0.05) is 11.8 Å². The molecule has 4 heteroatoms. The first kappa shape index (κ1) is 11.6. The van der Waals surface area contributed by atoms with Crippen LogP contribution in [0.2, 0.25) is 0 Å². The van der Waals surface area contributed by atoms with Crippen LogP contribution in [0, 0.1) is 18.8 Å². The third-order valence-electron chi connectivity index (χ3n) is 3.40. The van der Waals surface area contributed by atoms with E-state index >= 15 is 0 Å². The minimum Gasteiger partial charge on any atom is -0.397 e. The largest absolute Gasteiger partial charge is 0.397 e. The molecule has 1 aromatic carbocycles. The molecule has 2 atom stereocenters. The molecule has 0 aromatic heterocycles. The average Bonchev–Trinajstić information content (AvgIpc) is 2.48. The van der Waals surface area contributed by atoms with Gasteiger partial charge in [0.15, 0.2) is 0 Å². The number of nitrogen functional groups attached to an aromatic ring is 1. The maximum Gasteiger partial charge on any atom is 0.237 e. The zero-order valence-electron chi connectivity index (χ0n) is 10.2. The minimum atomic E-state index is -0.276. The van der Waals surface area contributed by atoms with E-state index in [-0.39, 0.29) is 23.7 Å². The lowest BCUT2D eigenvalue weighted by atomic mass is 10.00. The quantitative estimate of drug-likeness (QED) is 0.592. The molecule has 0 spiro atoms. The van der Waals surface area contributed by atoms with Gasteiger partial charge in [-0.1, -0.05) is 19.9 Å². The van der Waals surface area contributed by atoms with Gasteiger partial charge in [-0.3, -0.25) is 9.59 Å². The molecule has 1 aliphatic heterocycles. The first-order chi connectivity index (χ1) is 7.93. The van der Waals surface area contributed by atoms with Gasteiger partial charge in [-0.25, -0.2) is 4.90 Å². The molecule has 2 N–H and O–H groups in total. The highest BCUT2D eigenvalue weighted by atomic mass is 16.2. The van der Waals surface area contributed by atoms with Gasteiger partial charge in [-0.2, -0.15) is 0 Å². The predicted octanol–water partition coefficient (Wildman–Crippen LogP) is 1.72. The van der Waals surface area contributed by atoms with Gasteiger partial charge < -0.3 is 5.73 Å². The number of nitrogens with zero attached hydrogens (tertiary/aromatic N) is 1. The molecule has 1 aromatic rings. The Labute approximate surface area is 100 Å². The smallest absolute Gasteiger partial charge is 0.237 e. The van der Waals surface area contributed by atoms with Crippen LogP contribution in [0.5, 0.6) is 0 Å². The molecule has 4 nitrogen and oxygen atoms in total. The highest BCUT2D eigenvalue weighted by Gasteiger charge is 2.43. The number of imide groups is 1. The van der Waals surface area contributed by atoms with Crippen molar-refractivity contribution in [2.24, 2.45) is 11.8 Å². The van der Waals surface area contributed by atoms with Crippen molar-refractivity contribution in [1.29, 1.82) is 0 Å². The van der Waals surface area contributed by atoms with Gasteiger partial charge in [-0.05, 0) is 24.6 Å². The molecule has 17 heavy (non-hydrogen) atoms. The molecule has 1 saturated heterocycles. The lowest BCUT2D eigenvalue weighted by Gasteiger charge is -2.17. The van der Waals surface area contributed by atoms with E-state index in [1.807, 2.05) is 13.0 Å². The van der Waals surface area contributed by atoms with Gasteiger partial charge in [0.1, 0.15) is 0 Å². The summed E-state index contributed by atoms with van der Waals surface area (Å²) in [7, 11) is 0. The highest BCUT2D eigenvalue weighted by Crippen LogP contribution is 2.34. The van der Waals surface area contributed by atoms with E-state index in [0.29, 0.717) is 11.4 Å². The zero-order chi connectivity index (χ0) is 12.7. The minimum absolute atomic E-state index is 0.167. The second kappa shape index (κ2) is 3.87. The molecule has 1 heterocycles. The first-order valence-corrected chi connectivity index (χ1v) is 5.67. The molecular formula is C13H16N2O2. The molecule has 0 bridgehead atoms. The number of hydrogen-bond donors (Lipinski definition) is 1. The summed E-state index contributed by atoms with van der Waals surface area (Å²) in [6.45, 7) is 5.45. The monoisotopic (exact) mass is 232 g/mol. The third-order valence-corrected chi connectivity index (χ3v) is 3.40. The van der Waals surface area contributed by atoms with Crippen molar-refractivity contribution < 1.29 is 9.59 Å². The second-order valence-corrected chi connectivity index (χ2v) is 4.65. The van der Waals surface area contributed by atoms with Crippen LogP contribution < -0.4 is 10.6 Å². The molecular weight excluding hydrogens is 216 g/mol. The number of carbonyl (C=O) groups excluding carboxylic acids is 2. The Kier molecular flexibility index (Phi) is 2.65. The molecule has 2 amide bonds.